The van der Waals surface area contributed by atoms with Crippen molar-refractivity contribution in [2.45, 2.75) is 31.7 Å². The Morgan fingerprint density at radius 3 is 2.35 bits per heavy atom. The summed E-state index contributed by atoms with van der Waals surface area (Å²) in [6, 6.07) is 8.68. The third-order valence-electron chi connectivity index (χ3n) is 2.69. The van der Waals surface area contributed by atoms with Crippen molar-refractivity contribution in [2.75, 3.05) is 0 Å². The molecule has 1 aromatic carbocycles. The van der Waals surface area contributed by atoms with Crippen LogP contribution in [0.4, 0.5) is 0 Å². The second-order valence-corrected chi connectivity index (χ2v) is 4.08. The lowest BCUT2D eigenvalue weighted by Gasteiger charge is -2.26. The van der Waals surface area contributed by atoms with Gasteiger partial charge in [-0.15, -0.1) is 0 Å². The highest BCUT2D eigenvalue weighted by Gasteiger charge is 2.37. The number of rotatable bonds is 6. The van der Waals surface area contributed by atoms with E-state index in [-0.39, 0.29) is 12.2 Å². The van der Waals surface area contributed by atoms with Crippen molar-refractivity contribution in [3.63, 3.8) is 0 Å². The monoisotopic (exact) mass is 235 g/mol. The van der Waals surface area contributed by atoms with Crippen LogP contribution in [-0.2, 0) is 15.1 Å². The first-order valence-corrected chi connectivity index (χ1v) is 5.60. The van der Waals surface area contributed by atoms with E-state index in [4.69, 9.17) is 10.8 Å². The Bertz CT molecular complexity index is 402. The van der Waals surface area contributed by atoms with Crippen LogP contribution in [-0.4, -0.2) is 16.9 Å². The van der Waals surface area contributed by atoms with Crippen LogP contribution in [0.25, 0.3) is 0 Å². The van der Waals surface area contributed by atoms with Gasteiger partial charge in [0, 0.05) is 6.42 Å². The van der Waals surface area contributed by atoms with Gasteiger partial charge in [0.1, 0.15) is 5.54 Å². The lowest BCUT2D eigenvalue weighted by Crippen LogP contribution is -2.46. The molecular formula is C13H17NO3. The van der Waals surface area contributed by atoms with Crippen LogP contribution in [0.5, 0.6) is 0 Å². The first kappa shape index (κ1) is 13.4. The molecular weight excluding hydrogens is 218 g/mol. The van der Waals surface area contributed by atoms with Gasteiger partial charge in [-0.1, -0.05) is 37.3 Å². The standard InChI is InChI=1S/C13H17NO3/c1-2-6-11(15)13(14,9-12(16)17)10-7-4-3-5-8-10/h3-5,7-8H,2,6,9,14H2,1H3,(H,16,17). The van der Waals surface area contributed by atoms with Crippen LogP contribution in [0.15, 0.2) is 30.3 Å². The molecule has 0 aliphatic heterocycles. The molecule has 0 aliphatic rings. The number of carboxylic acids is 1. The summed E-state index contributed by atoms with van der Waals surface area (Å²) in [6.07, 6.45) is 0.568. The Morgan fingerprint density at radius 1 is 1.29 bits per heavy atom. The number of hydrogen-bond donors (Lipinski definition) is 2. The molecule has 0 saturated carbocycles. The zero-order chi connectivity index (χ0) is 12.9. The predicted molar refractivity (Wildman–Crippen MR) is 64.5 cm³/mol. The summed E-state index contributed by atoms with van der Waals surface area (Å²) in [7, 11) is 0. The van der Waals surface area contributed by atoms with Gasteiger partial charge in [0.15, 0.2) is 5.78 Å². The summed E-state index contributed by atoms with van der Waals surface area (Å²) < 4.78 is 0. The Hall–Kier alpha value is -1.68. The van der Waals surface area contributed by atoms with Crippen molar-refractivity contribution in [3.8, 4) is 0 Å². The zero-order valence-corrected chi connectivity index (χ0v) is 9.85. The van der Waals surface area contributed by atoms with Gasteiger partial charge in [0.05, 0.1) is 6.42 Å². The molecule has 0 spiro atoms. The minimum atomic E-state index is -1.41. The molecule has 0 saturated heterocycles. The molecule has 1 aromatic rings. The lowest BCUT2D eigenvalue weighted by atomic mass is 9.82. The van der Waals surface area contributed by atoms with Gasteiger partial charge < -0.3 is 10.8 Å². The Kier molecular flexibility index (Phi) is 4.40. The van der Waals surface area contributed by atoms with Gasteiger partial charge in [-0.3, -0.25) is 9.59 Å². The molecule has 0 aromatic heterocycles. The smallest absolute Gasteiger partial charge is 0.306 e. The molecule has 0 aliphatic carbocycles. The van der Waals surface area contributed by atoms with E-state index in [0.29, 0.717) is 18.4 Å². The van der Waals surface area contributed by atoms with Gasteiger partial charge in [-0.25, -0.2) is 0 Å². The molecule has 0 heterocycles. The van der Waals surface area contributed by atoms with Crippen molar-refractivity contribution < 1.29 is 14.7 Å². The third-order valence-corrected chi connectivity index (χ3v) is 2.69. The van der Waals surface area contributed by atoms with Crippen molar-refractivity contribution in [1.29, 1.82) is 0 Å². The SMILES string of the molecule is CCCC(=O)C(N)(CC(=O)O)c1ccccc1. The van der Waals surface area contributed by atoms with Gasteiger partial charge >= 0.3 is 5.97 Å². The summed E-state index contributed by atoms with van der Waals surface area (Å²) in [5, 5.41) is 8.90. The topological polar surface area (TPSA) is 80.4 Å². The molecule has 0 bridgehead atoms. The Balaban J connectivity index is 3.10. The highest BCUT2D eigenvalue weighted by Crippen LogP contribution is 2.25. The fraction of sp³-hybridized carbons (Fsp3) is 0.385. The molecule has 1 rings (SSSR count). The molecule has 4 nitrogen and oxygen atoms in total. The van der Waals surface area contributed by atoms with E-state index in [1.807, 2.05) is 6.92 Å². The molecule has 17 heavy (non-hydrogen) atoms. The number of aliphatic carboxylic acids is 1. The van der Waals surface area contributed by atoms with Crippen LogP contribution >= 0.6 is 0 Å². The first-order chi connectivity index (χ1) is 8.00. The maximum atomic E-state index is 12.0. The summed E-state index contributed by atoms with van der Waals surface area (Å²) in [5.41, 5.74) is 5.16. The van der Waals surface area contributed by atoms with Crippen LogP contribution in [0, 0.1) is 0 Å². The number of carboxylic acid groups (broad SMARTS) is 1. The van der Waals surface area contributed by atoms with Crippen molar-refractivity contribution in [2.24, 2.45) is 5.73 Å². The van der Waals surface area contributed by atoms with E-state index in [2.05, 4.69) is 0 Å². The maximum absolute atomic E-state index is 12.0. The molecule has 3 N–H and O–H groups in total. The third kappa shape index (κ3) is 3.14. The van der Waals surface area contributed by atoms with Crippen molar-refractivity contribution in [3.05, 3.63) is 35.9 Å². The second kappa shape index (κ2) is 5.59. The molecule has 1 unspecified atom stereocenters. The first-order valence-electron chi connectivity index (χ1n) is 5.60. The van der Waals surface area contributed by atoms with Crippen molar-refractivity contribution >= 4 is 11.8 Å². The van der Waals surface area contributed by atoms with Crippen LogP contribution in [0.3, 0.4) is 0 Å². The van der Waals surface area contributed by atoms with E-state index in [1.54, 1.807) is 30.3 Å². The Morgan fingerprint density at radius 2 is 1.88 bits per heavy atom. The fourth-order valence-corrected chi connectivity index (χ4v) is 1.79. The lowest BCUT2D eigenvalue weighted by molar-refractivity contribution is -0.141. The van der Waals surface area contributed by atoms with E-state index >= 15 is 0 Å². The maximum Gasteiger partial charge on any atom is 0.306 e. The van der Waals surface area contributed by atoms with Gasteiger partial charge in [0.2, 0.25) is 0 Å². The number of benzene rings is 1. The number of ketones is 1. The number of nitrogens with two attached hydrogens (primary N) is 1. The normalized spacial score (nSPS) is 14.0. The van der Waals surface area contributed by atoms with Gasteiger partial charge in [-0.05, 0) is 12.0 Å². The van der Waals surface area contributed by atoms with Crippen LogP contribution in [0.2, 0.25) is 0 Å². The molecule has 4 heteroatoms. The number of hydrogen-bond acceptors (Lipinski definition) is 3. The largest absolute Gasteiger partial charge is 0.481 e. The summed E-state index contributed by atoms with van der Waals surface area (Å²) >= 11 is 0. The van der Waals surface area contributed by atoms with E-state index in [1.165, 1.54) is 0 Å². The van der Waals surface area contributed by atoms with Crippen LogP contribution in [0.1, 0.15) is 31.7 Å². The average molecular weight is 235 g/mol. The predicted octanol–water partition coefficient (Wildman–Crippen LogP) is 1.68. The summed E-state index contributed by atoms with van der Waals surface area (Å²) in [4.78, 5) is 22.9. The molecule has 0 fully saturated rings. The van der Waals surface area contributed by atoms with Gasteiger partial charge in [0.25, 0.3) is 0 Å². The van der Waals surface area contributed by atoms with E-state index in [0.717, 1.165) is 0 Å². The molecule has 1 atom stereocenters. The average Bonchev–Trinajstić information content (AvgIpc) is 2.29. The molecule has 0 radical (unpaired) electrons. The minimum Gasteiger partial charge on any atom is -0.481 e. The van der Waals surface area contributed by atoms with Crippen molar-refractivity contribution in [1.82, 2.24) is 0 Å². The zero-order valence-electron chi connectivity index (χ0n) is 9.85. The Labute approximate surface area is 100 Å². The quantitative estimate of drug-likeness (QED) is 0.786. The van der Waals surface area contributed by atoms with Gasteiger partial charge in [-0.2, -0.15) is 0 Å². The minimum absolute atomic E-state index is 0.228. The number of carbonyl (C=O) groups excluding carboxylic acids is 1. The summed E-state index contributed by atoms with van der Waals surface area (Å²) in [6.45, 7) is 1.87. The van der Waals surface area contributed by atoms with E-state index < -0.39 is 11.5 Å². The molecule has 0 amide bonds. The summed E-state index contributed by atoms with van der Waals surface area (Å²) in [5.74, 6) is -1.30. The second-order valence-electron chi connectivity index (χ2n) is 4.08. The van der Waals surface area contributed by atoms with Crippen LogP contribution < -0.4 is 5.73 Å². The van der Waals surface area contributed by atoms with E-state index in [9.17, 15) is 9.59 Å². The number of carbonyl (C=O) groups is 2. The fourth-order valence-electron chi connectivity index (χ4n) is 1.79. The number of Topliss-reactive ketones (excluding diaryl/α,β-unsaturated/α-hetero) is 1. The highest BCUT2D eigenvalue weighted by atomic mass is 16.4. The highest BCUT2D eigenvalue weighted by molar-refractivity contribution is 5.93. The molecule has 92 valence electrons.